The van der Waals surface area contributed by atoms with Crippen LogP contribution in [0, 0.1) is 5.92 Å². The van der Waals surface area contributed by atoms with Crippen LogP contribution in [0.4, 0.5) is 4.79 Å². The third-order valence-corrected chi connectivity index (χ3v) is 13.2. The monoisotopic (exact) mass is 1250 g/mol. The first-order valence-electron chi connectivity index (χ1n) is 29.3. The number of nitrogens with one attached hydrogen (secondary N) is 10. The van der Waals surface area contributed by atoms with E-state index in [0.717, 1.165) is 7.11 Å². The number of carbonyl (C=O) groups excluding carboxylic acids is 11. The molecule has 4 aromatic carbocycles. The zero-order valence-corrected chi connectivity index (χ0v) is 54.5. The molecule has 23 nitrogen and oxygen atoms in total. The van der Waals surface area contributed by atoms with Crippen LogP contribution in [-0.2, 0) is 57.4 Å². The van der Waals surface area contributed by atoms with Gasteiger partial charge in [-0.25, -0.2) is 9.59 Å². The van der Waals surface area contributed by atoms with E-state index in [9.17, 15) is 52.7 Å². The second-order valence-electron chi connectivity index (χ2n) is 25.4. The van der Waals surface area contributed by atoms with E-state index in [1.807, 2.05) is 13.8 Å². The smallest absolute Gasteiger partial charge is 0.408 e. The van der Waals surface area contributed by atoms with E-state index in [1.165, 1.54) is 93.5 Å². The van der Waals surface area contributed by atoms with Gasteiger partial charge in [-0.1, -0.05) is 135 Å². The molecule has 10 amide bonds. The molecule has 0 fully saturated rings. The Morgan fingerprint density at radius 1 is 0.385 bits per heavy atom. The third kappa shape index (κ3) is 23.4. The zero-order chi connectivity index (χ0) is 68.3. The van der Waals surface area contributed by atoms with E-state index in [0.29, 0.717) is 22.3 Å². The van der Waals surface area contributed by atoms with Crippen LogP contribution in [0.1, 0.15) is 133 Å². The van der Waals surface area contributed by atoms with Crippen molar-refractivity contribution in [2.45, 2.75) is 150 Å². The van der Waals surface area contributed by atoms with Crippen molar-refractivity contribution in [1.29, 1.82) is 0 Å². The lowest BCUT2D eigenvalue weighted by atomic mass is 9.99. The molecule has 0 spiro atoms. The Kier molecular flexibility index (Phi) is 25.2. The highest BCUT2D eigenvalue weighted by Gasteiger charge is 2.40. The van der Waals surface area contributed by atoms with E-state index in [4.69, 9.17) is 9.47 Å². The van der Waals surface area contributed by atoms with Crippen LogP contribution in [-0.4, -0.2) is 112 Å². The Morgan fingerprint density at radius 2 is 0.637 bits per heavy atom. The number of hydrogen-bond donors (Lipinski definition) is 10. The van der Waals surface area contributed by atoms with Crippen molar-refractivity contribution in [1.82, 2.24) is 53.2 Å². The molecule has 91 heavy (non-hydrogen) atoms. The number of amides is 10. The molecule has 0 unspecified atom stereocenters. The van der Waals surface area contributed by atoms with Gasteiger partial charge in [-0.2, -0.15) is 0 Å². The van der Waals surface area contributed by atoms with Gasteiger partial charge in [0.25, 0.3) is 23.6 Å². The van der Waals surface area contributed by atoms with Crippen molar-refractivity contribution in [2.75, 3.05) is 7.11 Å². The lowest BCUT2D eigenvalue weighted by Crippen LogP contribution is -2.61. The molecule has 1 atom stereocenters. The van der Waals surface area contributed by atoms with Gasteiger partial charge >= 0.3 is 12.1 Å². The number of methoxy groups -OCH3 is 1. The minimum Gasteiger partial charge on any atom is -0.467 e. The molecule has 0 radical (unpaired) electrons. The normalized spacial score (nSPS) is 13.0. The van der Waals surface area contributed by atoms with E-state index in [2.05, 4.69) is 53.2 Å². The van der Waals surface area contributed by atoms with Crippen molar-refractivity contribution < 1.29 is 62.2 Å². The van der Waals surface area contributed by atoms with Crippen LogP contribution in [0.15, 0.2) is 144 Å². The van der Waals surface area contributed by atoms with Gasteiger partial charge in [0, 0.05) is 0 Å². The predicted molar refractivity (Wildman–Crippen MR) is 346 cm³/mol. The Balaban J connectivity index is 1.60. The maximum atomic E-state index is 14.5. The summed E-state index contributed by atoms with van der Waals surface area (Å²) in [6.07, 6.45) is 4.76. The first-order valence-corrected chi connectivity index (χ1v) is 29.3. The van der Waals surface area contributed by atoms with Crippen LogP contribution >= 0.6 is 0 Å². The van der Waals surface area contributed by atoms with Crippen molar-refractivity contribution >= 4 is 89.5 Å². The molecule has 486 valence electrons. The molecule has 0 aliphatic rings. The van der Waals surface area contributed by atoms with E-state index >= 15 is 0 Å². The molecule has 0 bridgehead atoms. The number of alkyl carbamates (subject to hydrolysis) is 1. The zero-order valence-electron chi connectivity index (χ0n) is 54.5. The van der Waals surface area contributed by atoms with Gasteiger partial charge in [0.15, 0.2) is 0 Å². The summed E-state index contributed by atoms with van der Waals surface area (Å²) in [5, 5.41) is 26.0. The van der Waals surface area contributed by atoms with Crippen molar-refractivity contribution in [3.8, 4) is 0 Å². The lowest BCUT2D eigenvalue weighted by molar-refractivity contribution is -0.149. The minimum absolute atomic E-state index is 0.0650. The average molecular weight is 1250 g/mol. The summed E-state index contributed by atoms with van der Waals surface area (Å²) in [5.41, 5.74) is -9.21. The van der Waals surface area contributed by atoms with E-state index in [-0.39, 0.29) is 29.4 Å². The number of benzene rings is 4. The minimum atomic E-state index is -1.89. The van der Waals surface area contributed by atoms with Crippen molar-refractivity contribution in [3.05, 3.63) is 166 Å². The molecule has 4 aromatic rings. The molecule has 4 rings (SSSR count). The Morgan fingerprint density at radius 3 is 0.879 bits per heavy atom. The van der Waals surface area contributed by atoms with E-state index in [1.54, 1.807) is 142 Å². The molecule has 0 saturated heterocycles. The molecular formula is C68H86N10O13. The Labute approximate surface area is 531 Å². The number of esters is 1. The summed E-state index contributed by atoms with van der Waals surface area (Å²) in [6.45, 7) is 22.4. The highest BCUT2D eigenvalue weighted by Crippen LogP contribution is 2.19. The first kappa shape index (κ1) is 73.3. The molecule has 23 heteroatoms. The van der Waals surface area contributed by atoms with Crippen LogP contribution < -0.4 is 53.2 Å². The maximum absolute atomic E-state index is 14.5. The maximum Gasteiger partial charge on any atom is 0.408 e. The Bertz CT molecular complexity index is 3450. The number of ether oxygens (including phenoxy) is 2. The van der Waals surface area contributed by atoms with Crippen LogP contribution in [0.3, 0.4) is 0 Å². The van der Waals surface area contributed by atoms with Crippen LogP contribution in [0.2, 0.25) is 0 Å². The predicted octanol–water partition coefficient (Wildman–Crippen LogP) is 6.20. The lowest BCUT2D eigenvalue weighted by Gasteiger charge is -2.30. The molecule has 0 saturated carbocycles. The highest BCUT2D eigenvalue weighted by molar-refractivity contribution is 6.10. The molecular weight excluding hydrogens is 1160 g/mol. The fourth-order valence-corrected chi connectivity index (χ4v) is 8.10. The van der Waals surface area contributed by atoms with E-state index < -0.39 is 110 Å². The average Bonchev–Trinajstić information content (AvgIpc) is 1.12. The fraction of sp³-hybridized carbons (Fsp3) is 0.368. The standard InChI is InChI=1S/C68H86N10O13/c1-42(2)37-47(73-62(89)91-63(3,4)5)52(79)74-64(6,7)57(84)69-48(38-43-29-21-17-22-30-43)53(80)75-65(8,9)58(85)70-49(39-44-31-23-18-24-32-44)54(81)76-66(10,11)59(86)71-50(40-45-33-25-19-26-34-45)55(82)77-67(12,13)60(87)72-51(41-46-35-27-20-28-36-46)56(83)78-68(14,15)61(88)90-16/h17-36,38-42,47H,37H2,1-16H3,(H,69,84)(H,70,85)(H,71,86)(H,72,87)(H,73,89)(H,74,79)(H,75,80)(H,76,81)(H,77,82)(H,78,83)/b48-38+,49-39-,50-40-,51-41-/t47-/m0/s1. The second-order valence-corrected chi connectivity index (χ2v) is 25.4. The summed E-state index contributed by atoms with van der Waals surface area (Å²) in [4.78, 5) is 153. The summed E-state index contributed by atoms with van der Waals surface area (Å²) >= 11 is 0. The van der Waals surface area contributed by atoms with Gasteiger partial charge in [-0.15, -0.1) is 0 Å². The highest BCUT2D eigenvalue weighted by atomic mass is 16.6. The number of rotatable bonds is 26. The summed E-state index contributed by atoms with van der Waals surface area (Å²) in [5.74, 6) is -8.90. The molecule has 0 heterocycles. The molecule has 0 aliphatic heterocycles. The largest absolute Gasteiger partial charge is 0.467 e. The fourth-order valence-electron chi connectivity index (χ4n) is 8.10. The molecule has 10 N–H and O–H groups in total. The van der Waals surface area contributed by atoms with Crippen molar-refractivity contribution in [2.24, 2.45) is 5.92 Å². The molecule has 0 aliphatic carbocycles. The van der Waals surface area contributed by atoms with Gasteiger partial charge in [0.2, 0.25) is 29.5 Å². The van der Waals surface area contributed by atoms with Crippen LogP contribution in [0.5, 0.6) is 0 Å². The van der Waals surface area contributed by atoms with Crippen LogP contribution in [0.25, 0.3) is 24.3 Å². The first-order chi connectivity index (χ1) is 42.2. The summed E-state index contributed by atoms with van der Waals surface area (Å²) < 4.78 is 10.2. The SMILES string of the molecule is COC(=O)C(C)(C)NC(=O)/C(=C/c1ccccc1)NC(=O)C(C)(C)NC(=O)/C(=C/c1ccccc1)NC(=O)C(C)(C)NC(=O)/C(=C/c1ccccc1)NC(=O)C(C)(C)NC(=O)/C(=C\c1ccccc1)NC(=O)C(C)(C)NC(=O)[C@H](CC(C)C)NC(=O)OC(C)(C)C. The second kappa shape index (κ2) is 31.3. The summed E-state index contributed by atoms with van der Waals surface area (Å²) in [7, 11) is 1.16. The number of carbonyl (C=O) groups is 11. The van der Waals surface area contributed by atoms with Crippen molar-refractivity contribution in [3.63, 3.8) is 0 Å². The quantitative estimate of drug-likeness (QED) is 0.0248. The Hall–Kier alpha value is -10.2. The van der Waals surface area contributed by atoms with Gasteiger partial charge < -0.3 is 62.6 Å². The molecule has 0 aromatic heterocycles. The summed E-state index contributed by atoms with van der Waals surface area (Å²) in [6, 6.07) is 32.6. The van der Waals surface area contributed by atoms with Gasteiger partial charge in [-0.05, 0) is 149 Å². The van der Waals surface area contributed by atoms with Gasteiger partial charge in [-0.3, -0.25) is 43.2 Å². The number of hydrogen-bond acceptors (Lipinski definition) is 13. The topological polar surface area (TPSA) is 327 Å². The van der Waals surface area contributed by atoms with Gasteiger partial charge in [0.05, 0.1) is 7.11 Å². The van der Waals surface area contributed by atoms with Gasteiger partial charge in [0.1, 0.15) is 62.1 Å². The third-order valence-electron chi connectivity index (χ3n) is 13.2.